The van der Waals surface area contributed by atoms with Gasteiger partial charge in [-0.25, -0.2) is 0 Å². The fourth-order valence-electron chi connectivity index (χ4n) is 2.35. The minimum atomic E-state index is -3.54. The Morgan fingerprint density at radius 2 is 2.05 bits per heavy atom. The van der Waals surface area contributed by atoms with Gasteiger partial charge in [0.05, 0.1) is 6.26 Å². The molecule has 0 spiro atoms. The molecule has 0 heterocycles. The molecule has 0 saturated heterocycles. The van der Waals surface area contributed by atoms with E-state index in [1.54, 1.807) is 18.2 Å². The van der Waals surface area contributed by atoms with Gasteiger partial charge in [-0.1, -0.05) is 26.0 Å². The summed E-state index contributed by atoms with van der Waals surface area (Å²) in [5.41, 5.74) is 0.871. The Balaban J connectivity index is 2.11. The van der Waals surface area contributed by atoms with Crippen LogP contribution in [-0.4, -0.2) is 32.0 Å². The average Bonchev–Trinajstić information content (AvgIpc) is 3.19. The second-order valence-corrected chi connectivity index (χ2v) is 7.90. The van der Waals surface area contributed by atoms with Crippen molar-refractivity contribution in [3.05, 3.63) is 29.8 Å². The number of benzene rings is 1. The van der Waals surface area contributed by atoms with E-state index >= 15 is 0 Å². The van der Waals surface area contributed by atoms with E-state index < -0.39 is 10.1 Å². The minimum Gasteiger partial charge on any atom is -0.383 e. The van der Waals surface area contributed by atoms with Gasteiger partial charge in [0, 0.05) is 19.0 Å². The van der Waals surface area contributed by atoms with Gasteiger partial charge in [0.15, 0.2) is 0 Å². The lowest BCUT2D eigenvalue weighted by Gasteiger charge is -2.25. The normalized spacial score (nSPS) is 14.9. The summed E-state index contributed by atoms with van der Waals surface area (Å²) in [6.45, 7) is 5.34. The molecule has 1 aromatic carbocycles. The summed E-state index contributed by atoms with van der Waals surface area (Å²) in [4.78, 5) is 14.2. The van der Waals surface area contributed by atoms with Crippen LogP contribution in [0.3, 0.4) is 0 Å². The summed E-state index contributed by atoms with van der Waals surface area (Å²) in [6.07, 6.45) is 2.97. The van der Waals surface area contributed by atoms with E-state index in [2.05, 4.69) is 13.8 Å². The lowest BCUT2D eigenvalue weighted by Crippen LogP contribution is -2.34. The van der Waals surface area contributed by atoms with Crippen molar-refractivity contribution in [3.63, 3.8) is 0 Å². The summed E-state index contributed by atoms with van der Waals surface area (Å²) < 4.78 is 27.3. The average molecular weight is 325 g/mol. The van der Waals surface area contributed by atoms with Gasteiger partial charge < -0.3 is 9.08 Å². The third kappa shape index (κ3) is 5.33. The van der Waals surface area contributed by atoms with Gasteiger partial charge >= 0.3 is 10.1 Å². The highest BCUT2D eigenvalue weighted by atomic mass is 32.2. The van der Waals surface area contributed by atoms with Crippen molar-refractivity contribution >= 4 is 16.0 Å². The Kier molecular flexibility index (Phi) is 5.11. The predicted octanol–water partition coefficient (Wildman–Crippen LogP) is 2.42. The van der Waals surface area contributed by atoms with Crippen LogP contribution in [0.4, 0.5) is 0 Å². The van der Waals surface area contributed by atoms with Crippen molar-refractivity contribution in [2.75, 3.05) is 12.8 Å². The van der Waals surface area contributed by atoms with E-state index in [4.69, 9.17) is 4.18 Å². The summed E-state index contributed by atoms with van der Waals surface area (Å²) in [7, 11) is -3.54. The molecule has 6 heteroatoms. The van der Waals surface area contributed by atoms with Crippen molar-refractivity contribution in [1.82, 2.24) is 4.90 Å². The maximum Gasteiger partial charge on any atom is 0.306 e. The standard InChI is InChI=1S/C16H23NO4S/c1-12(2)10-17(16(18)14-7-8-14)11-13-5-4-6-15(9-13)21-22(3,19)20/h4-6,9,12,14H,7-8,10-11H2,1-3H3. The van der Waals surface area contributed by atoms with Crippen LogP contribution in [0.5, 0.6) is 5.75 Å². The summed E-state index contributed by atoms with van der Waals surface area (Å²) >= 11 is 0. The van der Waals surface area contributed by atoms with E-state index in [-0.39, 0.29) is 17.6 Å². The maximum atomic E-state index is 12.4. The van der Waals surface area contributed by atoms with Crippen LogP contribution in [0.25, 0.3) is 0 Å². The molecule has 1 aliphatic rings. The Bertz CT molecular complexity index is 635. The first-order valence-electron chi connectivity index (χ1n) is 7.52. The number of carbonyl (C=O) groups is 1. The second-order valence-electron chi connectivity index (χ2n) is 6.32. The van der Waals surface area contributed by atoms with Crippen LogP contribution in [0, 0.1) is 11.8 Å². The highest BCUT2D eigenvalue weighted by Crippen LogP contribution is 2.32. The highest BCUT2D eigenvalue weighted by molar-refractivity contribution is 7.86. The molecule has 0 aliphatic heterocycles. The number of hydrogen-bond donors (Lipinski definition) is 0. The van der Waals surface area contributed by atoms with E-state index in [1.165, 1.54) is 0 Å². The smallest absolute Gasteiger partial charge is 0.306 e. The molecule has 1 fully saturated rings. The number of amides is 1. The van der Waals surface area contributed by atoms with Crippen molar-refractivity contribution in [3.8, 4) is 5.75 Å². The molecular formula is C16H23NO4S. The Morgan fingerprint density at radius 3 is 2.59 bits per heavy atom. The van der Waals surface area contributed by atoms with Gasteiger partial charge in [0.2, 0.25) is 5.91 Å². The summed E-state index contributed by atoms with van der Waals surface area (Å²) in [5.74, 6) is 1.04. The second kappa shape index (κ2) is 6.69. The van der Waals surface area contributed by atoms with E-state index in [1.807, 2.05) is 11.0 Å². The molecule has 0 unspecified atom stereocenters. The largest absolute Gasteiger partial charge is 0.383 e. The summed E-state index contributed by atoms with van der Waals surface area (Å²) in [6, 6.07) is 6.89. The molecule has 1 amide bonds. The van der Waals surface area contributed by atoms with Crippen LogP contribution in [-0.2, 0) is 21.5 Å². The molecule has 0 radical (unpaired) electrons. The zero-order valence-corrected chi connectivity index (χ0v) is 14.1. The first kappa shape index (κ1) is 16.8. The number of nitrogens with zero attached hydrogens (tertiary/aromatic N) is 1. The third-order valence-electron chi connectivity index (χ3n) is 3.34. The van der Waals surface area contributed by atoms with Crippen molar-refractivity contribution in [2.24, 2.45) is 11.8 Å². The molecule has 1 saturated carbocycles. The zero-order valence-electron chi connectivity index (χ0n) is 13.3. The number of rotatable bonds is 7. The molecule has 0 aromatic heterocycles. The van der Waals surface area contributed by atoms with Gasteiger partial charge in [-0.2, -0.15) is 8.42 Å². The van der Waals surface area contributed by atoms with Crippen molar-refractivity contribution in [2.45, 2.75) is 33.2 Å². The predicted molar refractivity (Wildman–Crippen MR) is 84.9 cm³/mol. The lowest BCUT2D eigenvalue weighted by molar-refractivity contribution is -0.133. The fourth-order valence-corrected chi connectivity index (χ4v) is 2.81. The van der Waals surface area contributed by atoms with Crippen molar-refractivity contribution < 1.29 is 17.4 Å². The van der Waals surface area contributed by atoms with Gasteiger partial charge in [-0.15, -0.1) is 0 Å². The van der Waals surface area contributed by atoms with E-state index in [9.17, 15) is 13.2 Å². The molecule has 22 heavy (non-hydrogen) atoms. The maximum absolute atomic E-state index is 12.4. The first-order valence-corrected chi connectivity index (χ1v) is 9.33. The van der Waals surface area contributed by atoms with Crippen molar-refractivity contribution in [1.29, 1.82) is 0 Å². The van der Waals surface area contributed by atoms with E-state index in [0.717, 1.165) is 24.7 Å². The zero-order chi connectivity index (χ0) is 16.3. The van der Waals surface area contributed by atoms with Crippen LogP contribution < -0.4 is 4.18 Å². The Morgan fingerprint density at radius 1 is 1.36 bits per heavy atom. The molecule has 1 aliphatic carbocycles. The molecule has 2 rings (SSSR count). The van der Waals surface area contributed by atoms with Crippen LogP contribution in [0.2, 0.25) is 0 Å². The summed E-state index contributed by atoms with van der Waals surface area (Å²) in [5, 5.41) is 0. The van der Waals surface area contributed by atoms with Gasteiger partial charge in [0.1, 0.15) is 5.75 Å². The van der Waals surface area contributed by atoms with Crippen LogP contribution in [0.15, 0.2) is 24.3 Å². The number of carbonyl (C=O) groups excluding carboxylic acids is 1. The molecule has 0 atom stereocenters. The molecular weight excluding hydrogens is 302 g/mol. The van der Waals surface area contributed by atoms with Crippen LogP contribution >= 0.6 is 0 Å². The Labute approximate surface area is 132 Å². The Hall–Kier alpha value is -1.56. The quantitative estimate of drug-likeness (QED) is 0.722. The topological polar surface area (TPSA) is 63.7 Å². The monoisotopic (exact) mass is 325 g/mol. The fraction of sp³-hybridized carbons (Fsp3) is 0.562. The van der Waals surface area contributed by atoms with E-state index in [0.29, 0.717) is 19.0 Å². The SMILES string of the molecule is CC(C)CN(Cc1cccc(OS(C)(=O)=O)c1)C(=O)C1CC1. The first-order chi connectivity index (χ1) is 10.2. The van der Waals surface area contributed by atoms with Gasteiger partial charge in [-0.3, -0.25) is 4.79 Å². The lowest BCUT2D eigenvalue weighted by atomic mass is 10.1. The number of hydrogen-bond acceptors (Lipinski definition) is 4. The van der Waals surface area contributed by atoms with Gasteiger partial charge in [-0.05, 0) is 36.5 Å². The molecule has 0 N–H and O–H groups in total. The van der Waals surface area contributed by atoms with Crippen LogP contribution in [0.1, 0.15) is 32.3 Å². The molecule has 0 bridgehead atoms. The molecule has 122 valence electrons. The highest BCUT2D eigenvalue weighted by Gasteiger charge is 2.33. The minimum absolute atomic E-state index is 0.175. The van der Waals surface area contributed by atoms with Gasteiger partial charge in [0.25, 0.3) is 0 Å². The molecule has 1 aromatic rings. The third-order valence-corrected chi connectivity index (χ3v) is 3.84. The molecule has 5 nitrogen and oxygen atoms in total.